The van der Waals surface area contributed by atoms with E-state index in [1.165, 1.54) is 27.4 Å². The van der Waals surface area contributed by atoms with Gasteiger partial charge in [-0.1, -0.05) is 0 Å². The zero-order chi connectivity index (χ0) is 20.8. The van der Waals surface area contributed by atoms with E-state index in [-0.39, 0.29) is 29.4 Å². The first kappa shape index (κ1) is 21.2. The zero-order valence-corrected chi connectivity index (χ0v) is 16.7. The zero-order valence-electron chi connectivity index (χ0n) is 15.9. The Kier molecular flexibility index (Phi) is 6.93. The Morgan fingerprint density at radius 1 is 1.32 bits per heavy atom. The quantitative estimate of drug-likeness (QED) is 0.363. The van der Waals surface area contributed by atoms with Crippen LogP contribution in [0.4, 0.5) is 5.69 Å². The molecule has 28 heavy (non-hydrogen) atoms. The highest BCUT2D eigenvalue weighted by atomic mass is 32.1. The van der Waals surface area contributed by atoms with Gasteiger partial charge in [-0.25, -0.2) is 0 Å². The average Bonchev–Trinajstić information content (AvgIpc) is 3.04. The number of amides is 1. The van der Waals surface area contributed by atoms with Crippen LogP contribution in [0.15, 0.2) is 6.07 Å². The molecular weight excluding hydrogens is 390 g/mol. The Morgan fingerprint density at radius 2 is 2.00 bits per heavy atom. The normalized spacial score (nSPS) is 10.4. The van der Waals surface area contributed by atoms with Crippen molar-refractivity contribution in [3.05, 3.63) is 32.3 Å². The summed E-state index contributed by atoms with van der Waals surface area (Å²) in [6, 6.07) is 1.25. The van der Waals surface area contributed by atoms with Crippen molar-refractivity contribution in [3.8, 4) is 17.2 Å². The Morgan fingerprint density at radius 3 is 2.54 bits per heavy atom. The molecule has 2 rings (SSSR count). The molecule has 0 saturated heterocycles. The van der Waals surface area contributed by atoms with E-state index in [9.17, 15) is 14.9 Å². The lowest BCUT2D eigenvalue weighted by Gasteiger charge is -2.15. The SMILES string of the molecule is CCn1c(CCNC(=O)c2cc(OC)c(OC)c(OC)c2[N+](=O)[O-])n[nH]c1=S. The second-order valence-corrected chi connectivity index (χ2v) is 5.88. The number of hydrogen-bond acceptors (Lipinski definition) is 8. The number of H-pyrrole nitrogens is 1. The van der Waals surface area contributed by atoms with Crippen LogP contribution < -0.4 is 19.5 Å². The molecule has 0 fully saturated rings. The predicted molar refractivity (Wildman–Crippen MR) is 102 cm³/mol. The van der Waals surface area contributed by atoms with Gasteiger partial charge in [0.2, 0.25) is 11.5 Å². The molecule has 0 bridgehead atoms. The number of nitrogens with zero attached hydrogens (tertiary/aromatic N) is 3. The van der Waals surface area contributed by atoms with E-state index >= 15 is 0 Å². The molecular formula is C16H21N5O6S. The first-order valence-corrected chi connectivity index (χ1v) is 8.69. The lowest BCUT2D eigenvalue weighted by Crippen LogP contribution is -2.27. The van der Waals surface area contributed by atoms with Crippen molar-refractivity contribution >= 4 is 23.8 Å². The van der Waals surface area contributed by atoms with Crippen molar-refractivity contribution in [2.24, 2.45) is 0 Å². The number of benzene rings is 1. The summed E-state index contributed by atoms with van der Waals surface area (Å²) in [4.78, 5) is 23.5. The van der Waals surface area contributed by atoms with Crippen LogP contribution in [0, 0.1) is 14.9 Å². The van der Waals surface area contributed by atoms with Crippen molar-refractivity contribution in [1.29, 1.82) is 0 Å². The van der Waals surface area contributed by atoms with Crippen molar-refractivity contribution in [2.45, 2.75) is 19.9 Å². The summed E-state index contributed by atoms with van der Waals surface area (Å²) in [6.45, 7) is 2.76. The number of nitrogens with one attached hydrogen (secondary N) is 2. The van der Waals surface area contributed by atoms with E-state index in [4.69, 9.17) is 26.4 Å². The van der Waals surface area contributed by atoms with Gasteiger partial charge in [0.15, 0.2) is 10.5 Å². The summed E-state index contributed by atoms with van der Waals surface area (Å²) >= 11 is 5.12. The van der Waals surface area contributed by atoms with Gasteiger partial charge in [0.25, 0.3) is 5.91 Å². The molecule has 12 heteroatoms. The third-order valence-corrected chi connectivity index (χ3v) is 4.33. The molecule has 11 nitrogen and oxygen atoms in total. The van der Waals surface area contributed by atoms with Gasteiger partial charge in [0, 0.05) is 25.6 Å². The first-order valence-electron chi connectivity index (χ1n) is 8.29. The fourth-order valence-corrected chi connectivity index (χ4v) is 3.03. The summed E-state index contributed by atoms with van der Waals surface area (Å²) in [7, 11) is 3.93. The van der Waals surface area contributed by atoms with Crippen molar-refractivity contribution in [3.63, 3.8) is 0 Å². The number of nitro benzene ring substituents is 1. The predicted octanol–water partition coefficient (Wildman–Crippen LogP) is 1.87. The van der Waals surface area contributed by atoms with E-state index in [2.05, 4.69) is 15.5 Å². The number of carbonyl (C=O) groups is 1. The number of methoxy groups -OCH3 is 3. The van der Waals surface area contributed by atoms with Gasteiger partial charge in [-0.2, -0.15) is 5.10 Å². The molecule has 1 heterocycles. The van der Waals surface area contributed by atoms with Crippen molar-refractivity contribution in [2.75, 3.05) is 27.9 Å². The van der Waals surface area contributed by atoms with Gasteiger partial charge in [-0.05, 0) is 19.1 Å². The monoisotopic (exact) mass is 411 g/mol. The Hall–Kier alpha value is -3.15. The van der Waals surface area contributed by atoms with E-state index in [1.807, 2.05) is 6.92 Å². The number of carbonyl (C=O) groups excluding carboxylic acids is 1. The van der Waals surface area contributed by atoms with Crippen LogP contribution in [0.1, 0.15) is 23.1 Å². The lowest BCUT2D eigenvalue weighted by atomic mass is 10.1. The van der Waals surface area contributed by atoms with Gasteiger partial charge >= 0.3 is 5.69 Å². The molecule has 0 spiro atoms. The standard InChI is InChI=1S/C16H21N5O6S/c1-5-20-11(18-19-16(20)28)6-7-17-15(22)9-8-10(25-2)13(26-3)14(27-4)12(9)21(23)24/h8H,5-7H2,1-4H3,(H,17,22)(H,19,28). The maximum Gasteiger partial charge on any atom is 0.327 e. The molecule has 1 aromatic heterocycles. The highest BCUT2D eigenvalue weighted by Crippen LogP contribution is 2.46. The van der Waals surface area contributed by atoms with Crippen LogP contribution >= 0.6 is 12.2 Å². The van der Waals surface area contributed by atoms with Gasteiger partial charge in [0.1, 0.15) is 11.4 Å². The average molecular weight is 411 g/mol. The van der Waals surface area contributed by atoms with Crippen LogP contribution in [0.5, 0.6) is 17.2 Å². The van der Waals surface area contributed by atoms with Gasteiger partial charge in [0.05, 0.1) is 26.3 Å². The highest BCUT2D eigenvalue weighted by Gasteiger charge is 2.32. The minimum absolute atomic E-state index is 0.0340. The number of ether oxygens (including phenoxy) is 3. The van der Waals surface area contributed by atoms with Gasteiger partial charge < -0.3 is 24.1 Å². The summed E-state index contributed by atoms with van der Waals surface area (Å²) in [6.07, 6.45) is 0.394. The Balaban J connectivity index is 2.31. The Labute approximate surface area is 165 Å². The number of aromatic nitrogens is 3. The molecule has 0 aliphatic heterocycles. The second kappa shape index (κ2) is 9.17. The minimum atomic E-state index is -0.696. The summed E-state index contributed by atoms with van der Waals surface area (Å²) in [5, 5.41) is 21.0. The summed E-state index contributed by atoms with van der Waals surface area (Å²) < 4.78 is 17.7. The second-order valence-electron chi connectivity index (χ2n) is 5.49. The van der Waals surface area contributed by atoms with Crippen molar-refractivity contribution < 1.29 is 23.9 Å². The maximum absolute atomic E-state index is 12.6. The van der Waals surface area contributed by atoms with Gasteiger partial charge in [-0.3, -0.25) is 20.0 Å². The maximum atomic E-state index is 12.6. The molecule has 0 atom stereocenters. The first-order chi connectivity index (χ1) is 13.4. The minimum Gasteiger partial charge on any atom is -0.493 e. The van der Waals surface area contributed by atoms with Crippen LogP contribution in [0.2, 0.25) is 0 Å². The van der Waals surface area contributed by atoms with Crippen LogP contribution in [-0.4, -0.2) is 53.5 Å². The number of rotatable bonds is 9. The fraction of sp³-hybridized carbons (Fsp3) is 0.438. The molecule has 0 aliphatic rings. The molecule has 0 unspecified atom stereocenters. The van der Waals surface area contributed by atoms with E-state index in [0.29, 0.717) is 23.6 Å². The van der Waals surface area contributed by atoms with Crippen molar-refractivity contribution in [1.82, 2.24) is 20.1 Å². The summed E-state index contributed by atoms with van der Waals surface area (Å²) in [5.74, 6) is 0.00733. The summed E-state index contributed by atoms with van der Waals surface area (Å²) in [5.41, 5.74) is -0.706. The third-order valence-electron chi connectivity index (χ3n) is 4.02. The molecule has 0 radical (unpaired) electrons. The molecule has 0 saturated carbocycles. The number of nitro groups is 1. The molecule has 0 aliphatic carbocycles. The topological polar surface area (TPSA) is 134 Å². The smallest absolute Gasteiger partial charge is 0.327 e. The molecule has 2 aromatic rings. The lowest BCUT2D eigenvalue weighted by molar-refractivity contribution is -0.386. The van der Waals surface area contributed by atoms with Crippen LogP contribution in [-0.2, 0) is 13.0 Å². The van der Waals surface area contributed by atoms with E-state index in [0.717, 1.165) is 0 Å². The molecule has 152 valence electrons. The molecule has 1 amide bonds. The van der Waals surface area contributed by atoms with Crippen LogP contribution in [0.25, 0.3) is 0 Å². The molecule has 2 N–H and O–H groups in total. The highest BCUT2D eigenvalue weighted by molar-refractivity contribution is 7.71. The Bertz CT molecular complexity index is 938. The number of hydrogen-bond donors (Lipinski definition) is 2. The largest absolute Gasteiger partial charge is 0.493 e. The van der Waals surface area contributed by atoms with Crippen LogP contribution in [0.3, 0.4) is 0 Å². The third kappa shape index (κ3) is 4.06. The fourth-order valence-electron chi connectivity index (χ4n) is 2.75. The molecule has 1 aromatic carbocycles. The number of aromatic amines is 1. The van der Waals surface area contributed by atoms with Gasteiger partial charge in [-0.15, -0.1) is 0 Å². The van der Waals surface area contributed by atoms with E-state index in [1.54, 1.807) is 4.57 Å². The van der Waals surface area contributed by atoms with E-state index < -0.39 is 16.5 Å².